The predicted molar refractivity (Wildman–Crippen MR) is 123 cm³/mol. The van der Waals surface area contributed by atoms with Gasteiger partial charge in [-0.25, -0.2) is 13.1 Å². The number of amides is 1. The molecule has 2 N–H and O–H groups in total. The molecule has 1 saturated carbocycles. The average molecular weight is 459 g/mol. The fraction of sp³-hybridized carbons (Fsp3) is 0.417. The molecule has 3 rings (SSSR count). The molecular formula is C24H30N2O5S. The first-order valence-corrected chi connectivity index (χ1v) is 12.5. The molecule has 0 saturated heterocycles. The Labute approximate surface area is 189 Å². The van der Waals surface area contributed by atoms with Crippen LogP contribution in [-0.4, -0.2) is 32.9 Å². The molecule has 0 unspecified atom stereocenters. The summed E-state index contributed by atoms with van der Waals surface area (Å²) in [6.45, 7) is 0.273. The van der Waals surface area contributed by atoms with E-state index in [0.717, 1.165) is 37.7 Å². The van der Waals surface area contributed by atoms with Crippen LogP contribution in [0.25, 0.3) is 0 Å². The fourth-order valence-electron chi connectivity index (χ4n) is 3.66. The first-order valence-electron chi connectivity index (χ1n) is 11.0. The summed E-state index contributed by atoms with van der Waals surface area (Å²) in [6.07, 6.45) is 5.56. The van der Waals surface area contributed by atoms with Crippen molar-refractivity contribution in [3.8, 4) is 0 Å². The van der Waals surface area contributed by atoms with E-state index in [2.05, 4.69) is 10.0 Å². The fourth-order valence-corrected chi connectivity index (χ4v) is 4.97. The highest BCUT2D eigenvalue weighted by Gasteiger charge is 2.21. The molecule has 2 aromatic carbocycles. The van der Waals surface area contributed by atoms with E-state index < -0.39 is 16.0 Å². The minimum Gasteiger partial charge on any atom is -0.465 e. The molecule has 0 bridgehead atoms. The van der Waals surface area contributed by atoms with Gasteiger partial charge in [-0.2, -0.15) is 0 Å². The van der Waals surface area contributed by atoms with Gasteiger partial charge in [-0.1, -0.05) is 49.6 Å². The monoisotopic (exact) mass is 458 g/mol. The lowest BCUT2D eigenvalue weighted by Crippen LogP contribution is -2.36. The Morgan fingerprint density at radius 2 is 1.59 bits per heavy atom. The molecule has 0 aliphatic heterocycles. The summed E-state index contributed by atoms with van der Waals surface area (Å²) in [4.78, 5) is 24.1. The number of benzene rings is 2. The average Bonchev–Trinajstić information content (AvgIpc) is 2.79. The second kappa shape index (κ2) is 11.8. The van der Waals surface area contributed by atoms with Crippen LogP contribution < -0.4 is 10.0 Å². The van der Waals surface area contributed by atoms with E-state index in [1.165, 1.54) is 12.1 Å². The summed E-state index contributed by atoms with van der Waals surface area (Å²) in [6, 6.07) is 15.7. The van der Waals surface area contributed by atoms with Crippen molar-refractivity contribution in [1.29, 1.82) is 0 Å². The maximum absolute atomic E-state index is 12.5. The molecular weight excluding hydrogens is 428 g/mol. The lowest BCUT2D eigenvalue weighted by atomic mass is 9.96. The highest BCUT2D eigenvalue weighted by Crippen LogP contribution is 2.21. The van der Waals surface area contributed by atoms with Crippen molar-refractivity contribution in [1.82, 2.24) is 4.72 Å². The molecule has 0 spiro atoms. The van der Waals surface area contributed by atoms with Crippen molar-refractivity contribution < 1.29 is 22.7 Å². The summed E-state index contributed by atoms with van der Waals surface area (Å²) >= 11 is 0. The molecule has 1 amide bonds. The third-order valence-corrected chi connectivity index (χ3v) is 6.96. The Balaban J connectivity index is 1.39. The Morgan fingerprint density at radius 3 is 2.28 bits per heavy atom. The molecule has 0 radical (unpaired) electrons. The summed E-state index contributed by atoms with van der Waals surface area (Å²) in [5.41, 5.74) is 1.56. The highest BCUT2D eigenvalue weighted by atomic mass is 32.2. The van der Waals surface area contributed by atoms with Gasteiger partial charge in [0.1, 0.15) is 0 Å². The Hall–Kier alpha value is -2.71. The normalized spacial score (nSPS) is 14.6. The maximum Gasteiger partial charge on any atom is 0.306 e. The number of nitrogens with one attached hydrogen (secondary N) is 2. The minimum atomic E-state index is -3.58. The summed E-state index contributed by atoms with van der Waals surface area (Å²) in [5.74, 6) is -0.757. The summed E-state index contributed by atoms with van der Waals surface area (Å²) < 4.78 is 33.0. The molecule has 2 aromatic rings. The number of hydrogen-bond donors (Lipinski definition) is 2. The third kappa shape index (κ3) is 7.76. The molecule has 172 valence electrons. The number of ether oxygens (including phenoxy) is 1. The second-order valence-electron chi connectivity index (χ2n) is 7.98. The van der Waals surface area contributed by atoms with Gasteiger partial charge in [0.25, 0.3) is 0 Å². The lowest BCUT2D eigenvalue weighted by molar-refractivity contribution is -0.144. The molecule has 1 fully saturated rings. The maximum atomic E-state index is 12.5. The largest absolute Gasteiger partial charge is 0.465 e. The van der Waals surface area contributed by atoms with Gasteiger partial charge in [0.2, 0.25) is 15.9 Å². The van der Waals surface area contributed by atoms with E-state index in [0.29, 0.717) is 12.1 Å². The van der Waals surface area contributed by atoms with Gasteiger partial charge in [-0.05, 0) is 42.7 Å². The van der Waals surface area contributed by atoms with Crippen LogP contribution in [0.4, 0.5) is 5.69 Å². The zero-order valence-corrected chi connectivity index (χ0v) is 18.9. The van der Waals surface area contributed by atoms with E-state index in [-0.39, 0.29) is 36.3 Å². The molecule has 0 aromatic heterocycles. The first-order chi connectivity index (χ1) is 15.4. The van der Waals surface area contributed by atoms with Crippen LogP contribution in [0.15, 0.2) is 59.5 Å². The minimum absolute atomic E-state index is 0.00649. The standard InChI is InChI=1S/C24H30N2O5S/c27-23(15-16-24(28)31-18-17-19-7-3-1-4-8-19)25-20-11-13-22(14-12-20)32(29,30)26-21-9-5-2-6-10-21/h1,3-4,7-8,11-14,21,26H,2,5-6,9-10,15-18H2,(H,25,27). The molecule has 1 aliphatic carbocycles. The predicted octanol–water partition coefficient (Wildman–Crippen LogP) is 3.80. The van der Waals surface area contributed by atoms with Crippen LogP contribution >= 0.6 is 0 Å². The summed E-state index contributed by atoms with van der Waals surface area (Å²) in [7, 11) is -3.58. The zero-order chi connectivity index (χ0) is 22.8. The van der Waals surface area contributed by atoms with Gasteiger partial charge in [-0.15, -0.1) is 0 Å². The Kier molecular flexibility index (Phi) is 8.81. The van der Waals surface area contributed by atoms with Gasteiger partial charge < -0.3 is 10.1 Å². The highest BCUT2D eigenvalue weighted by molar-refractivity contribution is 7.89. The number of carbonyl (C=O) groups excluding carboxylic acids is 2. The topological polar surface area (TPSA) is 102 Å². The van der Waals surface area contributed by atoms with Crippen LogP contribution in [0.3, 0.4) is 0 Å². The molecule has 0 atom stereocenters. The number of rotatable bonds is 10. The second-order valence-corrected chi connectivity index (χ2v) is 9.70. The van der Waals surface area contributed by atoms with Crippen molar-refractivity contribution >= 4 is 27.6 Å². The smallest absolute Gasteiger partial charge is 0.306 e. The molecule has 32 heavy (non-hydrogen) atoms. The van der Waals surface area contributed by atoms with Crippen LogP contribution in [0.1, 0.15) is 50.5 Å². The SMILES string of the molecule is O=C(CCC(=O)OCCc1ccccc1)Nc1ccc(S(=O)(=O)NC2CCCCC2)cc1. The Bertz CT molecular complexity index is 985. The zero-order valence-electron chi connectivity index (χ0n) is 18.1. The number of anilines is 1. The van der Waals surface area contributed by atoms with Crippen LogP contribution in [0, 0.1) is 0 Å². The van der Waals surface area contributed by atoms with Gasteiger partial charge in [0.15, 0.2) is 0 Å². The van der Waals surface area contributed by atoms with Crippen molar-refractivity contribution in [3.63, 3.8) is 0 Å². The van der Waals surface area contributed by atoms with Crippen molar-refractivity contribution in [3.05, 3.63) is 60.2 Å². The number of carbonyl (C=O) groups is 2. The van der Waals surface area contributed by atoms with Crippen LogP contribution in [-0.2, 0) is 30.8 Å². The molecule has 8 heteroatoms. The van der Waals surface area contributed by atoms with Crippen molar-refractivity contribution in [2.45, 2.75) is 62.3 Å². The molecule has 0 heterocycles. The Morgan fingerprint density at radius 1 is 0.906 bits per heavy atom. The van der Waals surface area contributed by atoms with E-state index in [4.69, 9.17) is 4.74 Å². The quantitative estimate of drug-likeness (QED) is 0.527. The van der Waals surface area contributed by atoms with E-state index in [1.54, 1.807) is 12.1 Å². The first kappa shape index (κ1) is 23.9. The molecule has 7 nitrogen and oxygen atoms in total. The van der Waals surface area contributed by atoms with Gasteiger partial charge >= 0.3 is 5.97 Å². The van der Waals surface area contributed by atoms with Crippen molar-refractivity contribution in [2.75, 3.05) is 11.9 Å². The van der Waals surface area contributed by atoms with E-state index >= 15 is 0 Å². The van der Waals surface area contributed by atoms with Crippen LogP contribution in [0.2, 0.25) is 0 Å². The third-order valence-electron chi connectivity index (χ3n) is 5.43. The van der Waals surface area contributed by atoms with E-state index in [1.807, 2.05) is 30.3 Å². The molecule has 1 aliphatic rings. The number of sulfonamides is 1. The lowest BCUT2D eigenvalue weighted by Gasteiger charge is -2.22. The van der Waals surface area contributed by atoms with Gasteiger partial charge in [0.05, 0.1) is 17.9 Å². The number of hydrogen-bond acceptors (Lipinski definition) is 5. The van der Waals surface area contributed by atoms with Crippen molar-refractivity contribution in [2.24, 2.45) is 0 Å². The number of esters is 1. The van der Waals surface area contributed by atoms with Crippen LogP contribution in [0.5, 0.6) is 0 Å². The van der Waals surface area contributed by atoms with E-state index in [9.17, 15) is 18.0 Å². The summed E-state index contributed by atoms with van der Waals surface area (Å²) in [5, 5.41) is 2.68. The van der Waals surface area contributed by atoms with Gasteiger partial charge in [0, 0.05) is 24.6 Å². The van der Waals surface area contributed by atoms with Gasteiger partial charge in [-0.3, -0.25) is 9.59 Å².